The molecule has 2 aliphatic carbocycles. The van der Waals surface area contributed by atoms with Gasteiger partial charge in [0.25, 0.3) is 0 Å². The van der Waals surface area contributed by atoms with E-state index in [9.17, 15) is 0 Å². The first-order valence-corrected chi connectivity index (χ1v) is 17.7. The predicted octanol–water partition coefficient (Wildman–Crippen LogP) is 5.84. The molecule has 248 valence electrons. The molecule has 2 spiro atoms. The summed E-state index contributed by atoms with van der Waals surface area (Å²) < 4.78 is 27.4. The zero-order chi connectivity index (χ0) is 30.6. The lowest BCUT2D eigenvalue weighted by molar-refractivity contribution is -0.571. The molecule has 0 aromatic rings. The second kappa shape index (κ2) is 10.6. The zero-order valence-corrected chi connectivity index (χ0v) is 27.7. The standard InChI is InChI=1S/C34H54N2O8/c1-8-35-36-26(28-21(5)25-12-10-19(3)23-14-16-32(7)40-30(38-28)34(23,25)44-42-32)17-27-20(4)24-11-9-18(2)22-13-15-31(6)39-29(37-27)33(22,24)43-41-31/h18-25,27-30,35H,8-17H2,1-7H3/b36-26-/t18-,19-,20-,21-,22+,23+,24+,25+,27-,28+,29-,30-,31+,32+,33?,34?/m1/s1. The van der Waals surface area contributed by atoms with Crippen molar-refractivity contribution in [1.29, 1.82) is 0 Å². The number of nitrogens with one attached hydrogen (secondary N) is 1. The highest BCUT2D eigenvalue weighted by Crippen LogP contribution is 2.63. The number of hydrogen-bond acceptors (Lipinski definition) is 10. The van der Waals surface area contributed by atoms with E-state index in [1.807, 2.05) is 13.8 Å². The van der Waals surface area contributed by atoms with E-state index >= 15 is 0 Å². The molecule has 10 aliphatic rings. The highest BCUT2D eigenvalue weighted by atomic mass is 17.3. The first-order valence-electron chi connectivity index (χ1n) is 17.7. The Bertz CT molecular complexity index is 1160. The van der Waals surface area contributed by atoms with Gasteiger partial charge in [-0.3, -0.25) is 0 Å². The van der Waals surface area contributed by atoms with Crippen LogP contribution in [0.4, 0.5) is 0 Å². The van der Waals surface area contributed by atoms with E-state index in [1.165, 1.54) is 12.8 Å². The fourth-order valence-electron chi connectivity index (χ4n) is 11.1. The number of nitrogens with zero attached hydrogens (tertiary/aromatic N) is 1. The van der Waals surface area contributed by atoms with Crippen LogP contribution >= 0.6 is 0 Å². The van der Waals surface area contributed by atoms with Gasteiger partial charge in [0.2, 0.25) is 11.6 Å². The van der Waals surface area contributed by atoms with Crippen molar-refractivity contribution in [2.45, 2.75) is 154 Å². The fraction of sp³-hybridized carbons (Fsp3) is 0.971. The van der Waals surface area contributed by atoms with Crippen molar-refractivity contribution in [3.05, 3.63) is 0 Å². The summed E-state index contributed by atoms with van der Waals surface area (Å²) in [4.78, 5) is 25.0. The van der Waals surface area contributed by atoms with E-state index < -0.39 is 35.4 Å². The molecule has 8 aliphatic heterocycles. The average molecular weight is 619 g/mol. The third-order valence-corrected chi connectivity index (χ3v) is 13.6. The first-order chi connectivity index (χ1) is 21.0. The van der Waals surface area contributed by atoms with Gasteiger partial charge in [-0.15, -0.1) is 0 Å². The maximum Gasteiger partial charge on any atom is 0.201 e. The summed E-state index contributed by atoms with van der Waals surface area (Å²) in [7, 11) is 0. The Balaban J connectivity index is 1.11. The summed E-state index contributed by atoms with van der Waals surface area (Å²) in [5.41, 5.74) is 3.10. The van der Waals surface area contributed by atoms with Crippen LogP contribution in [0.5, 0.6) is 0 Å². The second-order valence-corrected chi connectivity index (χ2v) is 16.1. The molecule has 0 aromatic heterocycles. The van der Waals surface area contributed by atoms with Crippen molar-refractivity contribution in [3.63, 3.8) is 0 Å². The fourth-order valence-corrected chi connectivity index (χ4v) is 11.1. The lowest BCUT2D eigenvalue weighted by Crippen LogP contribution is -2.71. The van der Waals surface area contributed by atoms with E-state index in [2.05, 4.69) is 40.0 Å². The normalized spacial score (nSPS) is 58.0. The lowest BCUT2D eigenvalue weighted by Gasteiger charge is -2.61. The van der Waals surface area contributed by atoms with Gasteiger partial charge in [-0.05, 0) is 94.8 Å². The summed E-state index contributed by atoms with van der Waals surface area (Å²) in [6.07, 6.45) is 7.49. The average Bonchev–Trinajstić information content (AvgIpc) is 3.37. The van der Waals surface area contributed by atoms with Crippen LogP contribution < -0.4 is 5.43 Å². The molecule has 10 fully saturated rings. The largest absolute Gasteiger partial charge is 0.345 e. The Kier molecular flexibility index (Phi) is 7.33. The number of hydrogen-bond donors (Lipinski definition) is 1. The molecule has 4 bridgehead atoms. The molecule has 10 heteroatoms. The molecule has 10 rings (SSSR count). The molecular formula is C34H54N2O8. The van der Waals surface area contributed by atoms with E-state index in [4.69, 9.17) is 43.6 Å². The Morgan fingerprint density at radius 3 is 1.80 bits per heavy atom. The van der Waals surface area contributed by atoms with Crippen LogP contribution in [0.1, 0.15) is 106 Å². The number of hydrazone groups is 1. The van der Waals surface area contributed by atoms with Crippen molar-refractivity contribution >= 4 is 5.71 Å². The van der Waals surface area contributed by atoms with Crippen molar-refractivity contribution in [2.24, 2.45) is 52.4 Å². The molecule has 10 nitrogen and oxygen atoms in total. The van der Waals surface area contributed by atoms with Gasteiger partial charge in [-0.25, -0.2) is 19.6 Å². The summed E-state index contributed by atoms with van der Waals surface area (Å²) in [6.45, 7) is 16.1. The van der Waals surface area contributed by atoms with Crippen LogP contribution in [0.3, 0.4) is 0 Å². The molecule has 1 N–H and O–H groups in total. The third kappa shape index (κ3) is 4.24. The Morgan fingerprint density at radius 1 is 0.682 bits per heavy atom. The summed E-state index contributed by atoms with van der Waals surface area (Å²) in [5.74, 6) is 1.05. The Morgan fingerprint density at radius 2 is 1.23 bits per heavy atom. The highest BCUT2D eigenvalue weighted by Gasteiger charge is 2.71. The highest BCUT2D eigenvalue weighted by molar-refractivity contribution is 5.89. The third-order valence-electron chi connectivity index (χ3n) is 13.6. The molecule has 2 unspecified atom stereocenters. The molecule has 2 saturated carbocycles. The minimum atomic E-state index is -0.806. The molecule has 16 atom stereocenters. The first kappa shape index (κ1) is 30.5. The lowest BCUT2D eigenvalue weighted by atomic mass is 9.56. The minimum Gasteiger partial charge on any atom is -0.345 e. The van der Waals surface area contributed by atoms with Gasteiger partial charge in [0.1, 0.15) is 6.10 Å². The summed E-state index contributed by atoms with van der Waals surface area (Å²) in [6, 6.07) is 0. The van der Waals surface area contributed by atoms with Crippen LogP contribution in [-0.4, -0.2) is 59.8 Å². The van der Waals surface area contributed by atoms with E-state index in [0.717, 1.165) is 50.8 Å². The van der Waals surface area contributed by atoms with Crippen LogP contribution in [0.15, 0.2) is 5.10 Å². The molecule has 0 amide bonds. The topological polar surface area (TPSA) is 98.2 Å². The van der Waals surface area contributed by atoms with Gasteiger partial charge in [-0.1, -0.05) is 27.7 Å². The molecule has 0 aromatic carbocycles. The number of fused-ring (bicyclic) bond motifs is 4. The van der Waals surface area contributed by atoms with E-state index in [-0.39, 0.29) is 35.9 Å². The molecular weight excluding hydrogens is 564 g/mol. The maximum absolute atomic E-state index is 7.05. The van der Waals surface area contributed by atoms with Crippen LogP contribution in [0, 0.1) is 47.3 Å². The van der Waals surface area contributed by atoms with Crippen LogP contribution in [0.25, 0.3) is 0 Å². The van der Waals surface area contributed by atoms with E-state index in [0.29, 0.717) is 30.1 Å². The zero-order valence-electron chi connectivity index (χ0n) is 27.7. The van der Waals surface area contributed by atoms with Crippen molar-refractivity contribution in [1.82, 2.24) is 5.43 Å². The smallest absolute Gasteiger partial charge is 0.201 e. The predicted molar refractivity (Wildman–Crippen MR) is 159 cm³/mol. The molecule has 8 heterocycles. The molecule has 44 heavy (non-hydrogen) atoms. The summed E-state index contributed by atoms with van der Waals surface area (Å²) in [5, 5.41) is 5.02. The quantitative estimate of drug-likeness (QED) is 0.231. The maximum atomic E-state index is 7.05. The SMILES string of the molecule is CCN/N=C(/C[C@H]1O[C@@H]2O[C@]3(C)CC[C@H]4[C@H](C)CC[C@@H]([C@H]1C)C24OO3)[C@H]1O[C@@H]2O[C@]3(C)CC[C@H]4[C@H](C)CC[C@@H]([C@H]1C)C24OO3. The van der Waals surface area contributed by atoms with Gasteiger partial charge in [0.05, 0.1) is 11.8 Å². The van der Waals surface area contributed by atoms with Crippen molar-refractivity contribution in [2.75, 3.05) is 6.54 Å². The van der Waals surface area contributed by atoms with Gasteiger partial charge in [-0.2, -0.15) is 5.10 Å². The van der Waals surface area contributed by atoms with Gasteiger partial charge >= 0.3 is 0 Å². The van der Waals surface area contributed by atoms with Gasteiger partial charge in [0.15, 0.2) is 23.8 Å². The van der Waals surface area contributed by atoms with Gasteiger partial charge < -0.3 is 24.4 Å². The van der Waals surface area contributed by atoms with Crippen molar-refractivity contribution in [3.8, 4) is 0 Å². The monoisotopic (exact) mass is 618 g/mol. The minimum absolute atomic E-state index is 0.0944. The Hall–Kier alpha value is -0.850. The summed E-state index contributed by atoms with van der Waals surface area (Å²) >= 11 is 0. The Labute approximate surface area is 262 Å². The van der Waals surface area contributed by atoms with Crippen molar-refractivity contribution < 1.29 is 38.5 Å². The number of rotatable bonds is 5. The van der Waals surface area contributed by atoms with Gasteiger partial charge in [0, 0.05) is 37.6 Å². The molecule has 8 saturated heterocycles. The number of ether oxygens (including phenoxy) is 4. The van der Waals surface area contributed by atoms with Crippen LogP contribution in [0.2, 0.25) is 0 Å². The second-order valence-electron chi connectivity index (χ2n) is 16.1. The van der Waals surface area contributed by atoms with Crippen LogP contribution in [-0.2, 0) is 38.5 Å². The molecule has 0 radical (unpaired) electrons. The van der Waals surface area contributed by atoms with E-state index in [1.54, 1.807) is 0 Å².